The summed E-state index contributed by atoms with van der Waals surface area (Å²) in [5, 5.41) is 0. The van der Waals surface area contributed by atoms with Gasteiger partial charge in [0.05, 0.1) is 0 Å². The fourth-order valence-electron chi connectivity index (χ4n) is 5.32. The van der Waals surface area contributed by atoms with Crippen molar-refractivity contribution < 1.29 is 20.1 Å². The number of hydrogen-bond acceptors (Lipinski definition) is 0. The van der Waals surface area contributed by atoms with Crippen molar-refractivity contribution >= 4 is 36.4 Å². The Hall–Kier alpha value is -0.673. The van der Waals surface area contributed by atoms with Gasteiger partial charge < -0.3 is 0 Å². The van der Waals surface area contributed by atoms with E-state index >= 15 is 0 Å². The average Bonchev–Trinajstić information content (AvgIpc) is 3.13. The zero-order valence-electron chi connectivity index (χ0n) is 19.7. The van der Waals surface area contributed by atoms with Crippen LogP contribution in [0.5, 0.6) is 0 Å². The minimum absolute atomic E-state index is 0. The Morgan fingerprint density at radius 3 is 2.00 bits per heavy atom. The van der Waals surface area contributed by atoms with Crippen molar-refractivity contribution in [2.45, 2.75) is 51.4 Å². The van der Waals surface area contributed by atoms with Gasteiger partial charge >= 0.3 is 185 Å². The van der Waals surface area contributed by atoms with Gasteiger partial charge in [-0.15, -0.1) is 24.8 Å². The standard InChI is InChI=1S/C16H13.C9H13.C2H6Si.2ClH.Hf/c1-12-10-14-8-5-9-15(16(14)11-12)13-6-3-2-4-7-13;1-6-5-7(2)9(4)8(6)3;1-3-2;;;/h2-11H,1H3;6H,1-4H3;1-2H3;2*1H;. The van der Waals surface area contributed by atoms with Crippen LogP contribution in [-0.4, -0.2) is 5.49 Å². The molecule has 0 radical (unpaired) electrons. The van der Waals surface area contributed by atoms with Crippen LogP contribution in [0.1, 0.15) is 49.4 Å². The summed E-state index contributed by atoms with van der Waals surface area (Å²) in [4.78, 5) is 0. The van der Waals surface area contributed by atoms with Crippen LogP contribution < -0.4 is 0 Å². The smallest absolute Gasteiger partial charge is 0.147 e. The minimum atomic E-state index is -2.10. The Bertz CT molecular complexity index is 1120. The molecular formula is C27H34Cl2HfSi. The van der Waals surface area contributed by atoms with Gasteiger partial charge in [-0.25, -0.2) is 0 Å². The molecule has 2 aliphatic carbocycles. The third-order valence-electron chi connectivity index (χ3n) is 7.12. The summed E-state index contributed by atoms with van der Waals surface area (Å²) < 4.78 is 2.66. The second-order valence-electron chi connectivity index (χ2n) is 8.98. The fraction of sp³-hybridized carbons (Fsp3) is 0.333. The second kappa shape index (κ2) is 10.5. The van der Waals surface area contributed by atoms with Crippen molar-refractivity contribution in [3.05, 3.63) is 85.3 Å². The number of allylic oxidation sites excluding steroid dienone is 5. The van der Waals surface area contributed by atoms with E-state index in [9.17, 15) is 0 Å². The molecule has 0 saturated carbocycles. The first-order valence-electron chi connectivity index (χ1n) is 10.8. The van der Waals surface area contributed by atoms with Crippen LogP contribution in [-0.2, 0) is 20.1 Å². The molecule has 0 aliphatic heterocycles. The first kappa shape index (κ1) is 26.6. The first-order valence-corrected chi connectivity index (χ1v) is 22.5. The largest absolute Gasteiger partial charge is 0.147 e. The number of benzene rings is 2. The third kappa shape index (κ3) is 4.56. The number of halogens is 2. The van der Waals surface area contributed by atoms with Crippen LogP contribution in [0.25, 0.3) is 17.2 Å². The van der Waals surface area contributed by atoms with Crippen LogP contribution in [0.15, 0.2) is 74.2 Å². The molecule has 0 aromatic heterocycles. The molecule has 164 valence electrons. The normalized spacial score (nSPS) is 19.5. The number of rotatable bonds is 3. The Morgan fingerprint density at radius 2 is 1.45 bits per heavy atom. The Labute approximate surface area is 208 Å². The molecule has 0 saturated heterocycles. The molecule has 2 unspecified atom stereocenters. The van der Waals surface area contributed by atoms with Gasteiger partial charge in [-0.3, -0.25) is 0 Å². The maximum absolute atomic E-state index is 2.61. The first-order chi connectivity index (χ1) is 13.8. The molecule has 2 atom stereocenters. The monoisotopic (exact) mass is 636 g/mol. The summed E-state index contributed by atoms with van der Waals surface area (Å²) in [6.45, 7) is 17.3. The van der Waals surface area contributed by atoms with Crippen molar-refractivity contribution in [1.29, 1.82) is 0 Å². The van der Waals surface area contributed by atoms with Gasteiger partial charge in [-0.05, 0) is 0 Å². The van der Waals surface area contributed by atoms with Gasteiger partial charge in [0.25, 0.3) is 0 Å². The zero-order chi connectivity index (χ0) is 20.9. The number of fused-ring (bicyclic) bond motifs is 1. The van der Waals surface area contributed by atoms with Gasteiger partial charge in [0, 0.05) is 0 Å². The number of hydrogen-bond donors (Lipinski definition) is 0. The summed E-state index contributed by atoms with van der Waals surface area (Å²) in [6, 6.07) is 18.0. The molecular weight excluding hydrogens is 602 g/mol. The predicted molar refractivity (Wildman–Crippen MR) is 140 cm³/mol. The molecule has 0 nitrogen and oxygen atoms in total. The van der Waals surface area contributed by atoms with Crippen molar-refractivity contribution in [2.75, 3.05) is 0 Å². The molecule has 2 aromatic rings. The molecule has 0 heterocycles. The maximum atomic E-state index is 2.61. The van der Waals surface area contributed by atoms with Gasteiger partial charge in [0.15, 0.2) is 0 Å². The molecule has 2 aliphatic rings. The topological polar surface area (TPSA) is 0 Å². The van der Waals surface area contributed by atoms with E-state index in [4.69, 9.17) is 0 Å². The third-order valence-corrected chi connectivity index (χ3v) is 34.2. The Morgan fingerprint density at radius 1 is 0.806 bits per heavy atom. The van der Waals surface area contributed by atoms with E-state index in [0.29, 0.717) is 5.92 Å². The van der Waals surface area contributed by atoms with Crippen LogP contribution in [0.3, 0.4) is 0 Å². The zero-order valence-corrected chi connectivity index (χ0v) is 25.9. The van der Waals surface area contributed by atoms with Crippen LogP contribution in [0.2, 0.25) is 13.1 Å². The van der Waals surface area contributed by atoms with Crippen molar-refractivity contribution in [2.24, 2.45) is 5.92 Å². The molecule has 0 bridgehead atoms. The molecule has 4 heteroatoms. The summed E-state index contributed by atoms with van der Waals surface area (Å²) in [5.41, 5.74) is 12.1. The average molecular weight is 636 g/mol. The van der Waals surface area contributed by atoms with E-state index < -0.39 is 20.1 Å². The van der Waals surface area contributed by atoms with E-state index in [1.807, 2.05) is 3.33 Å². The Kier molecular flexibility index (Phi) is 9.01. The summed E-state index contributed by atoms with van der Waals surface area (Å²) >= 11 is -2.10. The van der Waals surface area contributed by atoms with E-state index in [1.54, 1.807) is 27.9 Å². The summed E-state index contributed by atoms with van der Waals surface area (Å²) in [7, 11) is 0. The summed E-state index contributed by atoms with van der Waals surface area (Å²) in [6.07, 6.45) is 2.53. The maximum Gasteiger partial charge on any atom is -0.147 e. The van der Waals surface area contributed by atoms with Crippen LogP contribution in [0.4, 0.5) is 0 Å². The minimum Gasteiger partial charge on any atom is -0.147 e. The van der Waals surface area contributed by atoms with Gasteiger partial charge in [-0.1, -0.05) is 0 Å². The fourth-order valence-corrected chi connectivity index (χ4v) is 34.6. The van der Waals surface area contributed by atoms with E-state index in [2.05, 4.69) is 102 Å². The molecule has 0 amide bonds. The van der Waals surface area contributed by atoms with Crippen LogP contribution >= 0.6 is 24.8 Å². The van der Waals surface area contributed by atoms with E-state index in [-0.39, 0.29) is 30.3 Å². The molecule has 0 fully saturated rings. The van der Waals surface area contributed by atoms with Crippen molar-refractivity contribution in [1.82, 2.24) is 0 Å². The van der Waals surface area contributed by atoms with Gasteiger partial charge in [0.2, 0.25) is 0 Å². The van der Waals surface area contributed by atoms with Crippen LogP contribution in [0, 0.1) is 5.92 Å². The molecule has 0 N–H and O–H groups in total. The van der Waals surface area contributed by atoms with Gasteiger partial charge in [0.1, 0.15) is 0 Å². The SMILES string of the molecule is CC1=Cc2c(-c3ccccc3)cccc2[CH]1[Hf]([C]1=C(C)C(C)=C(C)C1C)=[Si](C)C.Cl.Cl. The van der Waals surface area contributed by atoms with Gasteiger partial charge in [-0.2, -0.15) is 0 Å². The molecule has 0 spiro atoms. The summed E-state index contributed by atoms with van der Waals surface area (Å²) in [5.74, 6) is 0.672. The molecule has 2 aromatic carbocycles. The molecule has 4 rings (SSSR count). The van der Waals surface area contributed by atoms with Crippen molar-refractivity contribution in [3.63, 3.8) is 0 Å². The van der Waals surface area contributed by atoms with E-state index in [1.165, 1.54) is 16.7 Å². The van der Waals surface area contributed by atoms with Crippen molar-refractivity contribution in [3.8, 4) is 11.1 Å². The van der Waals surface area contributed by atoms with E-state index in [0.717, 1.165) is 3.67 Å². The second-order valence-corrected chi connectivity index (χ2v) is 33.1. The Balaban J connectivity index is 0.00000171. The predicted octanol–water partition coefficient (Wildman–Crippen LogP) is 8.78. The molecule has 31 heavy (non-hydrogen) atoms. The quantitative estimate of drug-likeness (QED) is 0.296.